The Morgan fingerprint density at radius 2 is 2.04 bits per heavy atom. The molecule has 0 saturated heterocycles. The summed E-state index contributed by atoms with van der Waals surface area (Å²) in [7, 11) is 0. The molecule has 0 radical (unpaired) electrons. The van der Waals surface area contributed by atoms with Crippen LogP contribution in [0.25, 0.3) is 0 Å². The molecule has 0 saturated carbocycles. The largest absolute Gasteiger partial charge is 0.355 e. The van der Waals surface area contributed by atoms with Gasteiger partial charge in [0.05, 0.1) is 12.2 Å². The molecule has 0 bridgehead atoms. The van der Waals surface area contributed by atoms with E-state index in [9.17, 15) is 9.59 Å². The van der Waals surface area contributed by atoms with Crippen LogP contribution in [0.4, 0.5) is 5.95 Å². The molecule has 0 aliphatic carbocycles. The lowest BCUT2D eigenvalue weighted by Crippen LogP contribution is -2.43. The lowest BCUT2D eigenvalue weighted by molar-refractivity contribution is 0.495. The number of allylic oxidation sites excluding steroid dienone is 2. The van der Waals surface area contributed by atoms with E-state index in [1.807, 2.05) is 39.0 Å². The molecule has 128 valence electrons. The molecule has 0 aliphatic rings. The Hall–Kier alpha value is -2.70. The number of hydrogen-bond acceptors (Lipinski definition) is 5. The predicted molar refractivity (Wildman–Crippen MR) is 94.3 cm³/mol. The molecule has 2 rings (SSSR count). The number of aromatic nitrogens is 4. The van der Waals surface area contributed by atoms with Crippen LogP contribution in [-0.2, 0) is 6.54 Å². The average Bonchev–Trinajstić information content (AvgIpc) is 2.52. The van der Waals surface area contributed by atoms with Gasteiger partial charge in [0.15, 0.2) is 0 Å². The van der Waals surface area contributed by atoms with Gasteiger partial charge in [-0.15, -0.1) is 0 Å². The van der Waals surface area contributed by atoms with E-state index in [2.05, 4.69) is 15.3 Å². The zero-order valence-electron chi connectivity index (χ0n) is 14.7. The predicted octanol–water partition coefficient (Wildman–Crippen LogP) is 2.07. The smallest absolute Gasteiger partial charge is 0.330 e. The summed E-state index contributed by atoms with van der Waals surface area (Å²) < 4.78 is 2.58. The van der Waals surface area contributed by atoms with Crippen LogP contribution >= 0.6 is 0 Å². The Balaban J connectivity index is 2.60. The molecule has 0 atom stereocenters. The lowest BCUT2D eigenvalue weighted by Gasteiger charge is -2.17. The van der Waals surface area contributed by atoms with Crippen LogP contribution in [0.2, 0.25) is 0 Å². The van der Waals surface area contributed by atoms with Gasteiger partial charge in [0.2, 0.25) is 5.95 Å². The summed E-state index contributed by atoms with van der Waals surface area (Å²) >= 11 is 0. The molecule has 0 unspecified atom stereocenters. The van der Waals surface area contributed by atoms with Gasteiger partial charge in [-0.2, -0.15) is 4.98 Å². The third-order valence-corrected chi connectivity index (χ3v) is 3.65. The molecule has 0 aliphatic heterocycles. The van der Waals surface area contributed by atoms with Gasteiger partial charge in [0.1, 0.15) is 0 Å². The molecule has 7 heteroatoms. The minimum absolute atomic E-state index is 0.222. The molecule has 2 heterocycles. The van der Waals surface area contributed by atoms with Crippen molar-refractivity contribution in [3.05, 3.63) is 62.3 Å². The van der Waals surface area contributed by atoms with Crippen molar-refractivity contribution >= 4 is 5.95 Å². The second-order valence-corrected chi connectivity index (χ2v) is 5.97. The first-order valence-electron chi connectivity index (χ1n) is 7.88. The van der Waals surface area contributed by atoms with E-state index >= 15 is 0 Å². The topological polar surface area (TPSA) is 81.8 Å². The van der Waals surface area contributed by atoms with Gasteiger partial charge in [0.25, 0.3) is 0 Å². The Labute approximate surface area is 140 Å². The molecule has 24 heavy (non-hydrogen) atoms. The third-order valence-electron chi connectivity index (χ3n) is 3.65. The zero-order chi connectivity index (χ0) is 17.9. The zero-order valence-corrected chi connectivity index (χ0v) is 14.7. The van der Waals surface area contributed by atoms with Crippen LogP contribution in [0.15, 0.2) is 39.7 Å². The van der Waals surface area contributed by atoms with E-state index in [-0.39, 0.29) is 18.5 Å². The molecule has 7 nitrogen and oxygen atoms in total. The maximum Gasteiger partial charge on any atom is 0.355 e. The maximum atomic E-state index is 12.8. The minimum atomic E-state index is -0.561. The fourth-order valence-corrected chi connectivity index (χ4v) is 2.19. The van der Waals surface area contributed by atoms with Gasteiger partial charge in [-0.3, -0.25) is 9.55 Å². The molecule has 0 spiro atoms. The van der Waals surface area contributed by atoms with Crippen molar-refractivity contribution in [3.8, 4) is 0 Å². The number of aryl methyl sites for hydroxylation is 1. The van der Waals surface area contributed by atoms with E-state index in [0.29, 0.717) is 0 Å². The Morgan fingerprint density at radius 3 is 2.58 bits per heavy atom. The van der Waals surface area contributed by atoms with E-state index in [1.165, 1.54) is 4.57 Å². The fourth-order valence-electron chi connectivity index (χ4n) is 2.19. The molecule has 0 aromatic carbocycles. The number of pyridine rings is 1. The first-order valence-corrected chi connectivity index (χ1v) is 7.88. The second kappa shape index (κ2) is 7.25. The van der Waals surface area contributed by atoms with Crippen molar-refractivity contribution < 1.29 is 0 Å². The van der Waals surface area contributed by atoms with Gasteiger partial charge in [0, 0.05) is 17.9 Å². The van der Waals surface area contributed by atoms with Gasteiger partial charge >= 0.3 is 11.4 Å². The van der Waals surface area contributed by atoms with Gasteiger partial charge in [-0.1, -0.05) is 12.1 Å². The summed E-state index contributed by atoms with van der Waals surface area (Å²) in [5, 5.41) is 3.01. The Bertz CT molecular complexity index is 860. The summed E-state index contributed by atoms with van der Waals surface area (Å²) in [6.07, 6.45) is 3.59. The average molecular weight is 329 g/mol. The van der Waals surface area contributed by atoms with Crippen molar-refractivity contribution in [3.63, 3.8) is 0 Å². The van der Waals surface area contributed by atoms with E-state index in [0.717, 1.165) is 21.5 Å². The van der Waals surface area contributed by atoms with Crippen LogP contribution in [0.5, 0.6) is 0 Å². The van der Waals surface area contributed by atoms with Crippen molar-refractivity contribution in [2.75, 3.05) is 5.32 Å². The molecule has 2 aromatic rings. The quantitative estimate of drug-likeness (QED) is 0.908. The van der Waals surface area contributed by atoms with Crippen molar-refractivity contribution in [2.45, 2.75) is 47.2 Å². The molecule has 2 aromatic heterocycles. The van der Waals surface area contributed by atoms with Gasteiger partial charge in [-0.05, 0) is 46.2 Å². The minimum Gasteiger partial charge on any atom is -0.330 e. The van der Waals surface area contributed by atoms with Crippen LogP contribution in [0, 0.1) is 6.92 Å². The first-order chi connectivity index (χ1) is 11.3. The van der Waals surface area contributed by atoms with Crippen LogP contribution in [0.1, 0.15) is 45.0 Å². The van der Waals surface area contributed by atoms with Crippen LogP contribution < -0.4 is 16.7 Å². The number of rotatable bonds is 5. The van der Waals surface area contributed by atoms with Gasteiger partial charge in [-0.25, -0.2) is 14.2 Å². The summed E-state index contributed by atoms with van der Waals surface area (Å²) in [5.74, 6) is 0.222. The highest BCUT2D eigenvalue weighted by Crippen LogP contribution is 2.08. The number of hydrogen-bond donors (Lipinski definition) is 1. The van der Waals surface area contributed by atoms with E-state index < -0.39 is 11.4 Å². The number of anilines is 1. The molecular formula is C17H23N5O2. The maximum absolute atomic E-state index is 12.8. The van der Waals surface area contributed by atoms with E-state index in [1.54, 1.807) is 20.0 Å². The van der Waals surface area contributed by atoms with E-state index in [4.69, 9.17) is 0 Å². The normalized spacial score (nSPS) is 11.8. The summed E-state index contributed by atoms with van der Waals surface area (Å²) in [5.41, 5.74) is 1.60. The standard InChI is InChI=1S/C17H23N5O2/c1-6-13(5)19-15-20-16(23)22(11(2)3)17(24)21(15)10-14-8-7-12(4)9-18-14/h6-9,11H,10H2,1-5H3,(H,19,20,23)/b13-6+. The molecule has 0 amide bonds. The molecule has 0 fully saturated rings. The molecule has 1 N–H and O–H groups in total. The fraction of sp³-hybridized carbons (Fsp3) is 0.412. The summed E-state index contributed by atoms with van der Waals surface area (Å²) in [4.78, 5) is 33.4. The number of nitrogens with one attached hydrogen (secondary N) is 1. The Morgan fingerprint density at radius 1 is 1.33 bits per heavy atom. The van der Waals surface area contributed by atoms with Gasteiger partial charge < -0.3 is 5.32 Å². The highest BCUT2D eigenvalue weighted by molar-refractivity contribution is 5.33. The third kappa shape index (κ3) is 3.79. The van der Waals surface area contributed by atoms with Crippen molar-refractivity contribution in [1.82, 2.24) is 19.1 Å². The highest BCUT2D eigenvalue weighted by Gasteiger charge is 2.16. The van der Waals surface area contributed by atoms with Crippen LogP contribution in [-0.4, -0.2) is 19.1 Å². The second-order valence-electron chi connectivity index (χ2n) is 5.97. The van der Waals surface area contributed by atoms with Crippen molar-refractivity contribution in [2.24, 2.45) is 0 Å². The highest BCUT2D eigenvalue weighted by atomic mass is 16.2. The summed E-state index contributed by atoms with van der Waals surface area (Å²) in [6, 6.07) is 3.52. The molecular weight excluding hydrogens is 306 g/mol. The Kier molecular flexibility index (Phi) is 5.33. The van der Waals surface area contributed by atoms with Crippen LogP contribution in [0.3, 0.4) is 0 Å². The monoisotopic (exact) mass is 329 g/mol. The SMILES string of the molecule is C/C=C(\C)Nc1nc(=O)n(C(C)C)c(=O)n1Cc1ccc(C)cn1. The lowest BCUT2D eigenvalue weighted by atomic mass is 10.3. The first kappa shape index (κ1) is 17.7. The summed E-state index contributed by atoms with van der Waals surface area (Å²) in [6.45, 7) is 9.45. The number of nitrogens with zero attached hydrogens (tertiary/aromatic N) is 4. The van der Waals surface area contributed by atoms with Crippen molar-refractivity contribution in [1.29, 1.82) is 0 Å².